The summed E-state index contributed by atoms with van der Waals surface area (Å²) in [5.74, 6) is -0.352. The third kappa shape index (κ3) is 2.38. The van der Waals surface area contributed by atoms with Crippen LogP contribution in [0.1, 0.15) is 15.2 Å². The van der Waals surface area contributed by atoms with Crippen LogP contribution in [0.5, 0.6) is 0 Å². The molecule has 0 radical (unpaired) electrons. The van der Waals surface area contributed by atoms with E-state index in [-0.39, 0.29) is 17.0 Å². The fraction of sp³-hybridized carbons (Fsp3) is 0.0909. The van der Waals surface area contributed by atoms with Gasteiger partial charge in [0.15, 0.2) is 0 Å². The first kappa shape index (κ1) is 10.6. The van der Waals surface area contributed by atoms with Crippen LogP contribution in [0.15, 0.2) is 40.6 Å². The second-order valence-corrected chi connectivity index (χ2v) is 4.21. The monoisotopic (exact) mass is 234 g/mol. The van der Waals surface area contributed by atoms with Gasteiger partial charge in [-0.15, -0.1) is 11.3 Å². The molecule has 1 amide bonds. The molecule has 0 aliphatic heterocycles. The second kappa shape index (κ2) is 4.76. The van der Waals surface area contributed by atoms with Gasteiger partial charge in [-0.25, -0.2) is 0 Å². The van der Waals surface area contributed by atoms with E-state index in [0.717, 1.165) is 4.88 Å². The molecule has 2 aromatic rings. The maximum absolute atomic E-state index is 11.6. The van der Waals surface area contributed by atoms with Crippen molar-refractivity contribution in [2.24, 2.45) is 0 Å². The van der Waals surface area contributed by atoms with Gasteiger partial charge in [0.05, 0.1) is 6.54 Å². The van der Waals surface area contributed by atoms with Crippen LogP contribution in [0.4, 0.5) is 0 Å². The highest BCUT2D eigenvalue weighted by atomic mass is 32.1. The number of H-pyrrole nitrogens is 1. The molecule has 0 aromatic carbocycles. The summed E-state index contributed by atoms with van der Waals surface area (Å²) in [5, 5.41) is 4.63. The van der Waals surface area contributed by atoms with Crippen LogP contribution >= 0.6 is 11.3 Å². The van der Waals surface area contributed by atoms with E-state index in [0.29, 0.717) is 6.54 Å². The Bertz CT molecular complexity index is 531. The van der Waals surface area contributed by atoms with E-state index in [9.17, 15) is 9.59 Å². The summed E-state index contributed by atoms with van der Waals surface area (Å²) in [6.07, 6.45) is 1.50. The van der Waals surface area contributed by atoms with Crippen molar-refractivity contribution in [2.45, 2.75) is 6.54 Å². The highest BCUT2D eigenvalue weighted by Crippen LogP contribution is 2.07. The number of hydrogen-bond acceptors (Lipinski definition) is 3. The quantitative estimate of drug-likeness (QED) is 0.842. The van der Waals surface area contributed by atoms with Crippen LogP contribution in [0.2, 0.25) is 0 Å². The first-order valence-electron chi connectivity index (χ1n) is 4.75. The van der Waals surface area contributed by atoms with Gasteiger partial charge in [-0.1, -0.05) is 6.07 Å². The van der Waals surface area contributed by atoms with Crippen molar-refractivity contribution < 1.29 is 4.79 Å². The number of carbonyl (C=O) groups excluding carboxylic acids is 1. The molecule has 0 saturated carbocycles. The molecule has 82 valence electrons. The van der Waals surface area contributed by atoms with Crippen molar-refractivity contribution in [3.8, 4) is 0 Å². The predicted molar refractivity (Wildman–Crippen MR) is 62.6 cm³/mol. The lowest BCUT2D eigenvalue weighted by molar-refractivity contribution is 0.0950. The van der Waals surface area contributed by atoms with E-state index < -0.39 is 0 Å². The Morgan fingerprint density at radius 2 is 2.25 bits per heavy atom. The summed E-state index contributed by atoms with van der Waals surface area (Å²) in [6.45, 7) is 0.449. The molecule has 0 bridgehead atoms. The Morgan fingerprint density at radius 1 is 1.38 bits per heavy atom. The first-order valence-corrected chi connectivity index (χ1v) is 5.63. The number of pyridine rings is 1. The molecule has 0 spiro atoms. The van der Waals surface area contributed by atoms with Gasteiger partial charge < -0.3 is 10.3 Å². The maximum atomic E-state index is 11.6. The number of hydrogen-bond donors (Lipinski definition) is 2. The highest BCUT2D eigenvalue weighted by Gasteiger charge is 2.08. The molecule has 4 nitrogen and oxygen atoms in total. The summed E-state index contributed by atoms with van der Waals surface area (Å²) >= 11 is 1.56. The van der Waals surface area contributed by atoms with Crippen LogP contribution < -0.4 is 10.9 Å². The molecule has 0 saturated heterocycles. The third-order valence-electron chi connectivity index (χ3n) is 2.07. The molecule has 2 heterocycles. The lowest BCUT2D eigenvalue weighted by Crippen LogP contribution is -2.28. The van der Waals surface area contributed by atoms with Gasteiger partial charge in [0.25, 0.3) is 11.5 Å². The smallest absolute Gasteiger partial charge is 0.260 e. The molecule has 2 aromatic heterocycles. The van der Waals surface area contributed by atoms with Gasteiger partial charge in [-0.2, -0.15) is 0 Å². The summed E-state index contributed by atoms with van der Waals surface area (Å²) in [5.41, 5.74) is -0.231. The van der Waals surface area contributed by atoms with Crippen LogP contribution in [0.25, 0.3) is 0 Å². The molecule has 0 unspecified atom stereocenters. The van der Waals surface area contributed by atoms with Crippen LogP contribution in [-0.4, -0.2) is 10.9 Å². The number of carbonyl (C=O) groups is 1. The topological polar surface area (TPSA) is 62.0 Å². The van der Waals surface area contributed by atoms with E-state index in [4.69, 9.17) is 0 Å². The van der Waals surface area contributed by atoms with Gasteiger partial charge in [0.2, 0.25) is 0 Å². The van der Waals surface area contributed by atoms with Crippen molar-refractivity contribution in [3.63, 3.8) is 0 Å². The van der Waals surface area contributed by atoms with Crippen molar-refractivity contribution >= 4 is 17.2 Å². The maximum Gasteiger partial charge on any atom is 0.260 e. The standard InChI is InChI=1S/C11H10N2O2S/c14-10-9(4-1-5-12-10)11(15)13-7-8-3-2-6-16-8/h1-6H,7H2,(H,12,14)(H,13,15). The Labute approximate surface area is 96.0 Å². The molecule has 0 fully saturated rings. The van der Waals surface area contributed by atoms with Crippen molar-refractivity contribution in [3.05, 3.63) is 56.6 Å². The van der Waals surface area contributed by atoms with Crippen molar-refractivity contribution in [1.29, 1.82) is 0 Å². The second-order valence-electron chi connectivity index (χ2n) is 3.17. The zero-order valence-electron chi connectivity index (χ0n) is 8.40. The number of nitrogens with one attached hydrogen (secondary N) is 2. The Morgan fingerprint density at radius 3 is 2.94 bits per heavy atom. The predicted octanol–water partition coefficient (Wildman–Crippen LogP) is 1.37. The fourth-order valence-corrected chi connectivity index (χ4v) is 1.92. The van der Waals surface area contributed by atoms with E-state index in [1.165, 1.54) is 12.3 Å². The Hall–Kier alpha value is -1.88. The van der Waals surface area contributed by atoms with E-state index >= 15 is 0 Å². The summed E-state index contributed by atoms with van der Waals surface area (Å²) < 4.78 is 0. The zero-order chi connectivity index (χ0) is 11.4. The van der Waals surface area contributed by atoms with E-state index in [1.807, 2.05) is 17.5 Å². The lowest BCUT2D eigenvalue weighted by atomic mass is 10.2. The summed E-state index contributed by atoms with van der Waals surface area (Å²) in [6, 6.07) is 6.98. The average Bonchev–Trinajstić information content (AvgIpc) is 2.79. The van der Waals surface area contributed by atoms with Crippen LogP contribution in [0, 0.1) is 0 Å². The molecular weight excluding hydrogens is 224 g/mol. The van der Waals surface area contributed by atoms with Gasteiger partial charge in [0, 0.05) is 11.1 Å². The SMILES string of the molecule is O=C(NCc1cccs1)c1ccc[nH]c1=O. The Kier molecular flexibility index (Phi) is 3.16. The van der Waals surface area contributed by atoms with E-state index in [1.54, 1.807) is 17.4 Å². The highest BCUT2D eigenvalue weighted by molar-refractivity contribution is 7.09. The third-order valence-corrected chi connectivity index (χ3v) is 2.94. The van der Waals surface area contributed by atoms with Gasteiger partial charge >= 0.3 is 0 Å². The number of thiophene rings is 1. The van der Waals surface area contributed by atoms with Gasteiger partial charge in [-0.05, 0) is 23.6 Å². The average molecular weight is 234 g/mol. The van der Waals surface area contributed by atoms with Gasteiger partial charge in [-0.3, -0.25) is 9.59 Å². The molecule has 0 atom stereocenters. The number of amides is 1. The molecule has 2 N–H and O–H groups in total. The van der Waals surface area contributed by atoms with Gasteiger partial charge in [0.1, 0.15) is 5.56 Å². The molecular formula is C11H10N2O2S. The van der Waals surface area contributed by atoms with E-state index in [2.05, 4.69) is 10.3 Å². The molecule has 16 heavy (non-hydrogen) atoms. The van der Waals surface area contributed by atoms with Crippen LogP contribution in [-0.2, 0) is 6.54 Å². The molecule has 0 aliphatic carbocycles. The normalized spacial score (nSPS) is 10.0. The summed E-state index contributed by atoms with van der Waals surface area (Å²) in [7, 11) is 0. The number of rotatable bonds is 3. The fourth-order valence-electron chi connectivity index (χ4n) is 1.28. The minimum Gasteiger partial charge on any atom is -0.347 e. The zero-order valence-corrected chi connectivity index (χ0v) is 9.21. The first-order chi connectivity index (χ1) is 7.77. The molecule has 2 rings (SSSR count). The van der Waals surface area contributed by atoms with Crippen molar-refractivity contribution in [2.75, 3.05) is 0 Å². The minimum absolute atomic E-state index is 0.138. The minimum atomic E-state index is -0.369. The van der Waals surface area contributed by atoms with Crippen molar-refractivity contribution in [1.82, 2.24) is 10.3 Å². The number of aromatic nitrogens is 1. The Balaban J connectivity index is 2.04. The molecule has 5 heteroatoms. The number of aromatic amines is 1. The summed E-state index contributed by atoms with van der Waals surface area (Å²) in [4.78, 5) is 26.5. The molecule has 0 aliphatic rings. The van der Waals surface area contributed by atoms with Crippen LogP contribution in [0.3, 0.4) is 0 Å². The largest absolute Gasteiger partial charge is 0.347 e. The lowest BCUT2D eigenvalue weighted by Gasteiger charge is -2.02.